The number of likely N-dealkylation sites (tertiary alicyclic amines) is 1. The van der Waals surface area contributed by atoms with Crippen LogP contribution < -0.4 is 10.5 Å². The number of aryl methyl sites for hydroxylation is 1. The fraction of sp³-hybridized carbons (Fsp3) is 0.625. The standard InChI is InChI=1S/C16H24N2O/c1-19-14-7-6-13-5-4-8-16(12-17,15(13)11-14)18-9-2-3-10-18/h6-7,11H,2-5,8-10,12,17H2,1H3. The molecule has 1 fully saturated rings. The second kappa shape index (κ2) is 5.14. The van der Waals surface area contributed by atoms with Gasteiger partial charge < -0.3 is 10.5 Å². The maximum absolute atomic E-state index is 6.24. The highest BCUT2D eigenvalue weighted by atomic mass is 16.5. The molecule has 0 radical (unpaired) electrons. The van der Waals surface area contributed by atoms with Gasteiger partial charge in [0, 0.05) is 6.54 Å². The minimum atomic E-state index is 0.0542. The molecule has 3 heteroatoms. The minimum Gasteiger partial charge on any atom is -0.497 e. The van der Waals surface area contributed by atoms with E-state index < -0.39 is 0 Å². The van der Waals surface area contributed by atoms with Crippen molar-refractivity contribution in [2.45, 2.75) is 37.6 Å². The molecule has 1 atom stereocenters. The maximum atomic E-state index is 6.24. The lowest BCUT2D eigenvalue weighted by molar-refractivity contribution is 0.102. The summed E-state index contributed by atoms with van der Waals surface area (Å²) in [7, 11) is 1.74. The smallest absolute Gasteiger partial charge is 0.119 e. The van der Waals surface area contributed by atoms with Gasteiger partial charge in [0.25, 0.3) is 0 Å². The van der Waals surface area contributed by atoms with Gasteiger partial charge >= 0.3 is 0 Å². The molecule has 3 nitrogen and oxygen atoms in total. The Morgan fingerprint density at radius 3 is 2.74 bits per heavy atom. The summed E-state index contributed by atoms with van der Waals surface area (Å²) in [6, 6.07) is 6.53. The van der Waals surface area contributed by atoms with E-state index in [0.717, 1.165) is 5.75 Å². The molecule has 19 heavy (non-hydrogen) atoms. The lowest BCUT2D eigenvalue weighted by Crippen LogP contribution is -2.51. The number of rotatable bonds is 3. The summed E-state index contributed by atoms with van der Waals surface area (Å²) in [5.74, 6) is 0.956. The highest BCUT2D eigenvalue weighted by Crippen LogP contribution is 2.42. The first kappa shape index (κ1) is 12.9. The molecular formula is C16H24N2O. The Labute approximate surface area is 115 Å². The molecule has 1 unspecified atom stereocenters. The van der Waals surface area contributed by atoms with E-state index in [1.54, 1.807) is 7.11 Å². The van der Waals surface area contributed by atoms with Gasteiger partial charge in [-0.2, -0.15) is 0 Å². The Morgan fingerprint density at radius 1 is 1.26 bits per heavy atom. The number of nitrogens with two attached hydrogens (primary N) is 1. The lowest BCUT2D eigenvalue weighted by atomic mass is 9.75. The molecule has 104 valence electrons. The van der Waals surface area contributed by atoms with Crippen molar-refractivity contribution in [2.75, 3.05) is 26.7 Å². The number of hydrogen-bond acceptors (Lipinski definition) is 3. The topological polar surface area (TPSA) is 38.5 Å². The van der Waals surface area contributed by atoms with Crippen molar-refractivity contribution in [1.82, 2.24) is 4.90 Å². The molecule has 3 rings (SSSR count). The number of nitrogens with zero attached hydrogens (tertiary/aromatic N) is 1. The van der Waals surface area contributed by atoms with Gasteiger partial charge in [-0.3, -0.25) is 4.90 Å². The molecular weight excluding hydrogens is 236 g/mol. The summed E-state index contributed by atoms with van der Waals surface area (Å²) in [5.41, 5.74) is 9.18. The van der Waals surface area contributed by atoms with Crippen molar-refractivity contribution < 1.29 is 4.74 Å². The molecule has 2 aliphatic rings. The molecule has 0 bridgehead atoms. The lowest BCUT2D eigenvalue weighted by Gasteiger charge is -2.45. The zero-order valence-electron chi connectivity index (χ0n) is 11.8. The normalized spacial score (nSPS) is 27.3. The first-order valence-electron chi connectivity index (χ1n) is 7.43. The molecule has 2 N–H and O–H groups in total. The summed E-state index contributed by atoms with van der Waals surface area (Å²) >= 11 is 0. The van der Waals surface area contributed by atoms with E-state index in [-0.39, 0.29) is 5.54 Å². The average molecular weight is 260 g/mol. The van der Waals surface area contributed by atoms with Gasteiger partial charge in [-0.15, -0.1) is 0 Å². The fourth-order valence-electron chi connectivity index (χ4n) is 3.85. The summed E-state index contributed by atoms with van der Waals surface area (Å²) < 4.78 is 5.42. The summed E-state index contributed by atoms with van der Waals surface area (Å²) in [6.07, 6.45) is 6.22. The first-order chi connectivity index (χ1) is 9.30. The molecule has 0 aromatic heterocycles. The number of benzene rings is 1. The van der Waals surface area contributed by atoms with E-state index in [4.69, 9.17) is 10.5 Å². The monoisotopic (exact) mass is 260 g/mol. The maximum Gasteiger partial charge on any atom is 0.119 e. The van der Waals surface area contributed by atoms with E-state index in [9.17, 15) is 0 Å². The van der Waals surface area contributed by atoms with Gasteiger partial charge in [-0.1, -0.05) is 6.07 Å². The van der Waals surface area contributed by atoms with Crippen LogP contribution in [0, 0.1) is 0 Å². The quantitative estimate of drug-likeness (QED) is 0.906. The van der Waals surface area contributed by atoms with Gasteiger partial charge in [-0.25, -0.2) is 0 Å². The van der Waals surface area contributed by atoms with Crippen molar-refractivity contribution >= 4 is 0 Å². The third-order valence-corrected chi connectivity index (χ3v) is 4.90. The largest absolute Gasteiger partial charge is 0.497 e. The molecule has 1 aliphatic carbocycles. The third kappa shape index (κ3) is 2.05. The molecule has 0 spiro atoms. The Kier molecular flexibility index (Phi) is 3.50. The summed E-state index contributed by atoms with van der Waals surface area (Å²) in [6.45, 7) is 3.09. The predicted molar refractivity (Wildman–Crippen MR) is 77.5 cm³/mol. The number of fused-ring (bicyclic) bond motifs is 1. The Hall–Kier alpha value is -1.06. The summed E-state index contributed by atoms with van der Waals surface area (Å²) in [4.78, 5) is 2.62. The van der Waals surface area contributed by atoms with Gasteiger partial charge in [0.1, 0.15) is 5.75 Å². The van der Waals surface area contributed by atoms with E-state index >= 15 is 0 Å². The third-order valence-electron chi connectivity index (χ3n) is 4.90. The predicted octanol–water partition coefficient (Wildman–Crippen LogP) is 2.28. The van der Waals surface area contributed by atoms with Crippen molar-refractivity contribution in [3.8, 4) is 5.75 Å². The van der Waals surface area contributed by atoms with Gasteiger partial charge in [-0.05, 0) is 68.5 Å². The van der Waals surface area contributed by atoms with Gasteiger partial charge in [0.05, 0.1) is 12.6 Å². The SMILES string of the molecule is COc1ccc2c(c1)C(CN)(N1CCCC1)CCC2. The van der Waals surface area contributed by atoms with E-state index in [1.165, 1.54) is 56.3 Å². The Morgan fingerprint density at radius 2 is 2.05 bits per heavy atom. The van der Waals surface area contributed by atoms with Crippen LogP contribution in [0.15, 0.2) is 18.2 Å². The first-order valence-corrected chi connectivity index (χ1v) is 7.43. The number of hydrogen-bond donors (Lipinski definition) is 1. The molecule has 1 aromatic rings. The van der Waals surface area contributed by atoms with Crippen LogP contribution in [-0.4, -0.2) is 31.6 Å². The van der Waals surface area contributed by atoms with Crippen LogP contribution in [0.4, 0.5) is 0 Å². The van der Waals surface area contributed by atoms with Crippen LogP contribution >= 0.6 is 0 Å². The van der Waals surface area contributed by atoms with Crippen molar-refractivity contribution in [1.29, 1.82) is 0 Å². The van der Waals surface area contributed by atoms with Crippen molar-refractivity contribution in [2.24, 2.45) is 5.73 Å². The zero-order valence-corrected chi connectivity index (χ0v) is 11.8. The molecule has 1 saturated heterocycles. The van der Waals surface area contributed by atoms with Crippen LogP contribution in [0.2, 0.25) is 0 Å². The zero-order chi connectivity index (χ0) is 13.3. The van der Waals surface area contributed by atoms with Gasteiger partial charge in [0.15, 0.2) is 0 Å². The summed E-state index contributed by atoms with van der Waals surface area (Å²) in [5, 5.41) is 0. The Bertz CT molecular complexity index is 454. The van der Waals surface area contributed by atoms with E-state index in [0.29, 0.717) is 6.54 Å². The molecule has 1 aromatic carbocycles. The van der Waals surface area contributed by atoms with Crippen molar-refractivity contribution in [3.05, 3.63) is 29.3 Å². The number of ether oxygens (including phenoxy) is 1. The highest BCUT2D eigenvalue weighted by Gasteiger charge is 2.41. The molecule has 0 amide bonds. The van der Waals surface area contributed by atoms with E-state index in [1.807, 2.05) is 0 Å². The second-order valence-electron chi connectivity index (χ2n) is 5.81. The minimum absolute atomic E-state index is 0.0542. The average Bonchev–Trinajstić information content (AvgIpc) is 3.00. The van der Waals surface area contributed by atoms with Crippen molar-refractivity contribution in [3.63, 3.8) is 0 Å². The molecule has 1 heterocycles. The van der Waals surface area contributed by atoms with E-state index in [2.05, 4.69) is 23.1 Å². The highest BCUT2D eigenvalue weighted by molar-refractivity contribution is 5.42. The number of methoxy groups -OCH3 is 1. The fourth-order valence-corrected chi connectivity index (χ4v) is 3.85. The van der Waals surface area contributed by atoms with Crippen LogP contribution in [0.1, 0.15) is 36.8 Å². The van der Waals surface area contributed by atoms with Crippen LogP contribution in [0.5, 0.6) is 5.75 Å². The molecule has 0 saturated carbocycles. The second-order valence-corrected chi connectivity index (χ2v) is 5.81. The van der Waals surface area contributed by atoms with Crippen LogP contribution in [0.25, 0.3) is 0 Å². The van der Waals surface area contributed by atoms with Crippen LogP contribution in [-0.2, 0) is 12.0 Å². The Balaban J connectivity index is 2.07. The van der Waals surface area contributed by atoms with Gasteiger partial charge in [0.2, 0.25) is 0 Å². The molecule has 1 aliphatic heterocycles. The van der Waals surface area contributed by atoms with Crippen LogP contribution in [0.3, 0.4) is 0 Å².